The zero-order valence-corrected chi connectivity index (χ0v) is 16.4. The fourth-order valence-electron chi connectivity index (χ4n) is 3.05. The Hall–Kier alpha value is -1.83. The number of nitrogens with one attached hydrogen (secondary N) is 1. The maximum Gasteiger partial charge on any atom is 0.244 e. The minimum Gasteiger partial charge on any atom is -0.487 e. The summed E-state index contributed by atoms with van der Waals surface area (Å²) in [7, 11) is -4.04. The number of aryl methyl sites for hydroxylation is 1. The van der Waals surface area contributed by atoms with Gasteiger partial charge in [0.05, 0.1) is 6.04 Å². The van der Waals surface area contributed by atoms with E-state index < -0.39 is 27.5 Å². The molecule has 26 heavy (non-hydrogen) atoms. The molecule has 8 heteroatoms. The van der Waals surface area contributed by atoms with Gasteiger partial charge in [0.2, 0.25) is 10.0 Å². The van der Waals surface area contributed by atoms with Crippen molar-refractivity contribution < 1.29 is 17.5 Å². The molecule has 0 fully saturated rings. The van der Waals surface area contributed by atoms with Gasteiger partial charge in [0, 0.05) is 17.7 Å². The highest BCUT2D eigenvalue weighted by Gasteiger charge is 2.36. The summed E-state index contributed by atoms with van der Waals surface area (Å²) < 4.78 is 48.1. The lowest BCUT2D eigenvalue weighted by molar-refractivity contribution is 0.0702. The van der Waals surface area contributed by atoms with Crippen LogP contribution in [0.2, 0.25) is 0 Å². The van der Waals surface area contributed by atoms with E-state index in [4.69, 9.17) is 10.5 Å². The number of halogens is 2. The lowest BCUT2D eigenvalue weighted by Crippen LogP contribution is -2.41. The van der Waals surface area contributed by atoms with Gasteiger partial charge in [0.25, 0.3) is 0 Å². The minimum absolute atomic E-state index is 0. The smallest absolute Gasteiger partial charge is 0.244 e. The predicted octanol–water partition coefficient (Wildman–Crippen LogP) is 3.72. The third kappa shape index (κ3) is 4.11. The molecule has 0 amide bonds. The number of anilines is 1. The monoisotopic (exact) mass is 400 g/mol. The number of nitrogen functional groups attached to an aromatic ring is 1. The van der Waals surface area contributed by atoms with Crippen molar-refractivity contribution in [1.82, 2.24) is 4.72 Å². The standard InChI is InChI=1S/C18H21FN2O3S.ClH/c1-11-4-6-14(19)17(8-11)25(22,23)21-15-10-18(2,3)24-16-7-5-12(20)9-13(15)16;/h4-9,15,21H,10,20H2,1-3H3;1H. The van der Waals surface area contributed by atoms with E-state index in [1.54, 1.807) is 25.1 Å². The van der Waals surface area contributed by atoms with Crippen LogP contribution in [0.15, 0.2) is 41.3 Å². The maximum absolute atomic E-state index is 14.1. The highest BCUT2D eigenvalue weighted by Crippen LogP contribution is 2.41. The van der Waals surface area contributed by atoms with Gasteiger partial charge in [0.1, 0.15) is 22.1 Å². The van der Waals surface area contributed by atoms with Crippen LogP contribution in [0.5, 0.6) is 5.75 Å². The van der Waals surface area contributed by atoms with Gasteiger partial charge in [-0.2, -0.15) is 0 Å². The van der Waals surface area contributed by atoms with Crippen LogP contribution < -0.4 is 15.2 Å². The Morgan fingerprint density at radius 3 is 2.62 bits per heavy atom. The number of fused-ring (bicyclic) bond motifs is 1. The molecule has 5 nitrogen and oxygen atoms in total. The Balaban J connectivity index is 0.00000243. The molecule has 1 aliphatic rings. The van der Waals surface area contributed by atoms with Crippen LogP contribution in [0.25, 0.3) is 0 Å². The number of ether oxygens (including phenoxy) is 1. The molecule has 0 aliphatic carbocycles. The largest absolute Gasteiger partial charge is 0.487 e. The molecule has 0 bridgehead atoms. The third-order valence-electron chi connectivity index (χ3n) is 4.16. The molecule has 2 aromatic carbocycles. The Bertz CT molecular complexity index is 932. The molecule has 0 aromatic heterocycles. The lowest BCUT2D eigenvalue weighted by atomic mass is 9.90. The maximum atomic E-state index is 14.1. The van der Waals surface area contributed by atoms with Crippen LogP contribution in [0.4, 0.5) is 10.1 Å². The number of rotatable bonds is 3. The second-order valence-corrected chi connectivity index (χ2v) is 8.65. The van der Waals surface area contributed by atoms with Crippen molar-refractivity contribution in [3.63, 3.8) is 0 Å². The first-order chi connectivity index (χ1) is 11.6. The highest BCUT2D eigenvalue weighted by atomic mass is 35.5. The Morgan fingerprint density at radius 2 is 1.92 bits per heavy atom. The molecule has 0 spiro atoms. The molecule has 0 saturated heterocycles. The first kappa shape index (κ1) is 20.5. The number of nitrogens with two attached hydrogens (primary N) is 1. The summed E-state index contributed by atoms with van der Waals surface area (Å²) in [6, 6.07) is 8.55. The second kappa shape index (κ2) is 7.06. The van der Waals surface area contributed by atoms with Crippen molar-refractivity contribution in [1.29, 1.82) is 0 Å². The normalized spacial score (nSPS) is 18.4. The Labute approximate surface area is 159 Å². The second-order valence-electron chi connectivity index (χ2n) is 6.97. The van der Waals surface area contributed by atoms with Crippen LogP contribution in [0.1, 0.15) is 37.4 Å². The minimum atomic E-state index is -4.04. The average molecular weight is 401 g/mol. The fraction of sp³-hybridized carbons (Fsp3) is 0.333. The first-order valence-electron chi connectivity index (χ1n) is 7.94. The van der Waals surface area contributed by atoms with Crippen LogP contribution in [-0.4, -0.2) is 14.0 Å². The number of benzene rings is 2. The van der Waals surface area contributed by atoms with Gasteiger partial charge in [-0.1, -0.05) is 6.07 Å². The molecule has 0 radical (unpaired) electrons. The van der Waals surface area contributed by atoms with Crippen molar-refractivity contribution in [2.24, 2.45) is 0 Å². The van der Waals surface area contributed by atoms with Crippen LogP contribution in [-0.2, 0) is 10.0 Å². The van der Waals surface area contributed by atoms with E-state index in [0.29, 0.717) is 29.0 Å². The van der Waals surface area contributed by atoms with Gasteiger partial charge in [-0.05, 0) is 56.7 Å². The summed E-state index contributed by atoms with van der Waals surface area (Å²) >= 11 is 0. The summed E-state index contributed by atoms with van der Waals surface area (Å²) in [6.07, 6.45) is 0.399. The van der Waals surface area contributed by atoms with E-state index in [-0.39, 0.29) is 17.3 Å². The van der Waals surface area contributed by atoms with Gasteiger partial charge in [0.15, 0.2) is 0 Å². The predicted molar refractivity (Wildman–Crippen MR) is 102 cm³/mol. The first-order valence-corrected chi connectivity index (χ1v) is 9.43. The van der Waals surface area contributed by atoms with E-state index in [1.807, 2.05) is 13.8 Å². The number of sulfonamides is 1. The van der Waals surface area contributed by atoms with E-state index in [9.17, 15) is 12.8 Å². The number of hydrogen-bond donors (Lipinski definition) is 2. The molecule has 2 aromatic rings. The van der Waals surface area contributed by atoms with Crippen LogP contribution in [0, 0.1) is 12.7 Å². The average Bonchev–Trinajstić information content (AvgIpc) is 2.49. The summed E-state index contributed by atoms with van der Waals surface area (Å²) in [6.45, 7) is 5.47. The zero-order chi connectivity index (χ0) is 18.4. The summed E-state index contributed by atoms with van der Waals surface area (Å²) in [5.41, 5.74) is 7.09. The van der Waals surface area contributed by atoms with Crippen LogP contribution in [0.3, 0.4) is 0 Å². The molecule has 0 saturated carbocycles. The lowest BCUT2D eigenvalue weighted by Gasteiger charge is -2.37. The Kier molecular flexibility index (Phi) is 5.56. The molecule has 1 unspecified atom stereocenters. The van der Waals surface area contributed by atoms with Crippen molar-refractivity contribution in [2.75, 3.05) is 5.73 Å². The van der Waals surface area contributed by atoms with Crippen molar-refractivity contribution in [3.8, 4) is 5.75 Å². The van der Waals surface area contributed by atoms with E-state index in [2.05, 4.69) is 4.72 Å². The van der Waals surface area contributed by atoms with Crippen molar-refractivity contribution in [2.45, 2.75) is 43.7 Å². The SMILES string of the molecule is Cc1ccc(F)c(S(=O)(=O)NC2CC(C)(C)Oc3ccc(N)cc32)c1.Cl. The molecule has 142 valence electrons. The molecular weight excluding hydrogens is 379 g/mol. The fourth-order valence-corrected chi connectivity index (χ4v) is 4.42. The van der Waals surface area contributed by atoms with Gasteiger partial charge in [-0.15, -0.1) is 12.4 Å². The van der Waals surface area contributed by atoms with E-state index in [1.165, 1.54) is 12.1 Å². The van der Waals surface area contributed by atoms with Gasteiger partial charge in [-0.3, -0.25) is 0 Å². The molecule has 3 rings (SSSR count). The highest BCUT2D eigenvalue weighted by molar-refractivity contribution is 7.89. The van der Waals surface area contributed by atoms with Gasteiger partial charge < -0.3 is 10.5 Å². The van der Waals surface area contributed by atoms with Gasteiger partial charge >= 0.3 is 0 Å². The summed E-state index contributed by atoms with van der Waals surface area (Å²) in [5, 5.41) is 0. The Morgan fingerprint density at radius 1 is 1.23 bits per heavy atom. The van der Waals surface area contributed by atoms with Gasteiger partial charge in [-0.25, -0.2) is 17.5 Å². The molecule has 1 aliphatic heterocycles. The number of hydrogen-bond acceptors (Lipinski definition) is 4. The quantitative estimate of drug-likeness (QED) is 0.769. The topological polar surface area (TPSA) is 81.4 Å². The van der Waals surface area contributed by atoms with E-state index >= 15 is 0 Å². The van der Waals surface area contributed by atoms with Crippen molar-refractivity contribution in [3.05, 3.63) is 53.3 Å². The molecule has 1 atom stereocenters. The summed E-state index contributed by atoms with van der Waals surface area (Å²) in [5.74, 6) is -0.208. The van der Waals surface area contributed by atoms with Crippen molar-refractivity contribution >= 4 is 28.1 Å². The van der Waals surface area contributed by atoms with Crippen LogP contribution >= 0.6 is 12.4 Å². The summed E-state index contributed by atoms with van der Waals surface area (Å²) in [4.78, 5) is -0.359. The molecule has 3 N–H and O–H groups in total. The third-order valence-corrected chi connectivity index (χ3v) is 5.65. The molecular formula is C18H22ClFN2O3S. The molecule has 1 heterocycles. The van der Waals surface area contributed by atoms with E-state index in [0.717, 1.165) is 6.07 Å². The zero-order valence-electron chi connectivity index (χ0n) is 14.7.